The highest BCUT2D eigenvalue weighted by atomic mass is 16.1. The first kappa shape index (κ1) is 10.6. The molecule has 3 heteroatoms. The molecule has 66 valence electrons. The van der Waals surface area contributed by atoms with Gasteiger partial charge in [-0.1, -0.05) is 25.2 Å². The van der Waals surface area contributed by atoms with Crippen molar-refractivity contribution >= 4 is 12.2 Å². The Kier molecular flexibility index (Phi) is 4.69. The van der Waals surface area contributed by atoms with Crippen LogP contribution in [0.1, 0.15) is 20.3 Å². The lowest BCUT2D eigenvalue weighted by atomic mass is 10.1. The zero-order valence-electron chi connectivity index (χ0n) is 7.50. The van der Waals surface area contributed by atoms with Crippen LogP contribution in [0.2, 0.25) is 0 Å². The van der Waals surface area contributed by atoms with E-state index in [0.717, 1.165) is 18.3 Å². The molecule has 0 saturated heterocycles. The van der Waals surface area contributed by atoms with Crippen LogP contribution in [0, 0.1) is 0 Å². The number of allylic oxidation sites excluding steroid dienone is 1. The third-order valence-electron chi connectivity index (χ3n) is 1.44. The molecule has 0 spiro atoms. The third-order valence-corrected chi connectivity index (χ3v) is 1.44. The number of hydrogen-bond donors (Lipinski definition) is 1. The van der Waals surface area contributed by atoms with E-state index < -0.39 is 0 Å². The van der Waals surface area contributed by atoms with Crippen LogP contribution in [0.5, 0.6) is 0 Å². The molecule has 0 heterocycles. The average Bonchev–Trinajstić information content (AvgIpc) is 2.04. The first-order valence-corrected chi connectivity index (χ1v) is 3.76. The van der Waals surface area contributed by atoms with Gasteiger partial charge in [0, 0.05) is 5.57 Å². The molecule has 12 heavy (non-hydrogen) atoms. The Labute approximate surface area is 72.7 Å². The van der Waals surface area contributed by atoms with E-state index in [1.54, 1.807) is 6.08 Å². The van der Waals surface area contributed by atoms with Crippen molar-refractivity contribution in [2.24, 2.45) is 10.7 Å². The molecule has 0 aliphatic rings. The van der Waals surface area contributed by atoms with Crippen LogP contribution in [0.25, 0.3) is 0 Å². The van der Waals surface area contributed by atoms with Gasteiger partial charge in [0.25, 0.3) is 5.91 Å². The normalized spacial score (nSPS) is 12.0. The molecule has 0 bridgehead atoms. The maximum atomic E-state index is 11.0. The van der Waals surface area contributed by atoms with Gasteiger partial charge in [-0.2, -0.15) is 4.99 Å². The summed E-state index contributed by atoms with van der Waals surface area (Å²) in [5.41, 5.74) is 6.43. The Bertz CT molecular complexity index is 239. The molecule has 1 amide bonds. The van der Waals surface area contributed by atoms with E-state index >= 15 is 0 Å². The lowest BCUT2D eigenvalue weighted by Crippen LogP contribution is -1.99. The van der Waals surface area contributed by atoms with E-state index in [1.807, 2.05) is 13.8 Å². The SMILES string of the molecule is C=C(/C=C(\C)CC)C(=O)N=CN. The summed E-state index contributed by atoms with van der Waals surface area (Å²) in [6.07, 6.45) is 3.59. The van der Waals surface area contributed by atoms with Crippen molar-refractivity contribution in [1.29, 1.82) is 0 Å². The second-order valence-corrected chi connectivity index (χ2v) is 2.45. The fourth-order valence-electron chi connectivity index (χ4n) is 0.612. The van der Waals surface area contributed by atoms with Gasteiger partial charge in [0.1, 0.15) is 0 Å². The maximum absolute atomic E-state index is 11.0. The van der Waals surface area contributed by atoms with Gasteiger partial charge >= 0.3 is 0 Å². The third kappa shape index (κ3) is 3.71. The lowest BCUT2D eigenvalue weighted by molar-refractivity contribution is -0.114. The average molecular weight is 166 g/mol. The van der Waals surface area contributed by atoms with E-state index in [9.17, 15) is 4.79 Å². The maximum Gasteiger partial charge on any atom is 0.277 e. The Hall–Kier alpha value is -1.38. The zero-order chi connectivity index (χ0) is 9.56. The molecule has 0 rings (SSSR count). The van der Waals surface area contributed by atoms with E-state index in [2.05, 4.69) is 11.6 Å². The number of hydrogen-bond acceptors (Lipinski definition) is 1. The molecular weight excluding hydrogens is 152 g/mol. The summed E-state index contributed by atoms with van der Waals surface area (Å²) in [6.45, 7) is 7.51. The van der Waals surface area contributed by atoms with Crippen LogP contribution in [0.4, 0.5) is 0 Å². The molecule has 0 aromatic rings. The number of carbonyl (C=O) groups is 1. The number of rotatable bonds is 3. The van der Waals surface area contributed by atoms with Crippen LogP contribution in [0.3, 0.4) is 0 Å². The second kappa shape index (κ2) is 5.29. The molecule has 0 aliphatic carbocycles. The minimum absolute atomic E-state index is 0.371. The first-order valence-electron chi connectivity index (χ1n) is 3.76. The van der Waals surface area contributed by atoms with Gasteiger partial charge in [0.2, 0.25) is 0 Å². The van der Waals surface area contributed by atoms with E-state index in [-0.39, 0.29) is 5.91 Å². The van der Waals surface area contributed by atoms with Crippen LogP contribution in [-0.4, -0.2) is 12.2 Å². The highest BCUT2D eigenvalue weighted by Crippen LogP contribution is 2.04. The molecule has 0 radical (unpaired) electrons. The fraction of sp³-hybridized carbons (Fsp3) is 0.333. The van der Waals surface area contributed by atoms with Gasteiger partial charge in [-0.25, -0.2) is 0 Å². The zero-order valence-corrected chi connectivity index (χ0v) is 7.50. The quantitative estimate of drug-likeness (QED) is 0.298. The predicted octanol–water partition coefficient (Wildman–Crippen LogP) is 1.41. The standard InChI is InChI=1S/C9H14N2O/c1-4-7(2)5-8(3)9(12)11-6-10/h5-6H,3-4H2,1-2H3,(H2,10,11,12)/b7-5+. The fourth-order valence-corrected chi connectivity index (χ4v) is 0.612. The summed E-state index contributed by atoms with van der Waals surface area (Å²) in [5.74, 6) is -0.384. The Morgan fingerprint density at radius 3 is 2.67 bits per heavy atom. The molecule has 0 saturated carbocycles. The smallest absolute Gasteiger partial charge is 0.277 e. The van der Waals surface area contributed by atoms with Crippen molar-refractivity contribution in [1.82, 2.24) is 0 Å². The Morgan fingerprint density at radius 1 is 1.67 bits per heavy atom. The van der Waals surface area contributed by atoms with Crippen LogP contribution >= 0.6 is 0 Å². The number of aliphatic imine (C=N–C) groups is 1. The summed E-state index contributed by atoms with van der Waals surface area (Å²) in [4.78, 5) is 14.4. The minimum atomic E-state index is -0.384. The molecule has 0 aromatic carbocycles. The summed E-state index contributed by atoms with van der Waals surface area (Å²) in [5, 5.41) is 0. The van der Waals surface area contributed by atoms with E-state index in [0.29, 0.717) is 5.57 Å². The molecule has 0 fully saturated rings. The summed E-state index contributed by atoms with van der Waals surface area (Å²) < 4.78 is 0. The largest absolute Gasteiger partial charge is 0.390 e. The van der Waals surface area contributed by atoms with Crippen molar-refractivity contribution in [3.8, 4) is 0 Å². The minimum Gasteiger partial charge on any atom is -0.390 e. The van der Waals surface area contributed by atoms with Gasteiger partial charge in [0.15, 0.2) is 0 Å². The van der Waals surface area contributed by atoms with Crippen molar-refractivity contribution in [3.05, 3.63) is 23.8 Å². The number of amides is 1. The number of nitrogens with zero attached hydrogens (tertiary/aromatic N) is 1. The number of carbonyl (C=O) groups excluding carboxylic acids is 1. The van der Waals surface area contributed by atoms with Crippen molar-refractivity contribution in [2.45, 2.75) is 20.3 Å². The van der Waals surface area contributed by atoms with Crippen molar-refractivity contribution < 1.29 is 4.79 Å². The molecule has 0 aliphatic heterocycles. The van der Waals surface area contributed by atoms with Crippen molar-refractivity contribution in [2.75, 3.05) is 0 Å². The summed E-state index contributed by atoms with van der Waals surface area (Å²) in [7, 11) is 0. The molecular formula is C9H14N2O. The summed E-state index contributed by atoms with van der Waals surface area (Å²) >= 11 is 0. The second-order valence-electron chi connectivity index (χ2n) is 2.45. The van der Waals surface area contributed by atoms with Crippen LogP contribution in [-0.2, 0) is 4.79 Å². The molecule has 0 unspecified atom stereocenters. The van der Waals surface area contributed by atoms with E-state index in [4.69, 9.17) is 5.73 Å². The molecule has 0 aromatic heterocycles. The molecule has 3 nitrogen and oxygen atoms in total. The highest BCUT2D eigenvalue weighted by Gasteiger charge is 2.00. The number of nitrogens with two attached hydrogens (primary N) is 1. The first-order chi connectivity index (χ1) is 5.61. The monoisotopic (exact) mass is 166 g/mol. The Balaban J connectivity index is 4.32. The topological polar surface area (TPSA) is 55.5 Å². The predicted molar refractivity (Wildman–Crippen MR) is 50.9 cm³/mol. The van der Waals surface area contributed by atoms with Gasteiger partial charge in [-0.3, -0.25) is 4.79 Å². The van der Waals surface area contributed by atoms with Gasteiger partial charge < -0.3 is 5.73 Å². The lowest BCUT2D eigenvalue weighted by Gasteiger charge is -1.95. The van der Waals surface area contributed by atoms with E-state index in [1.165, 1.54) is 0 Å². The van der Waals surface area contributed by atoms with Gasteiger partial charge in [-0.05, 0) is 13.3 Å². The van der Waals surface area contributed by atoms with Gasteiger partial charge in [-0.15, -0.1) is 0 Å². The van der Waals surface area contributed by atoms with Crippen LogP contribution < -0.4 is 5.73 Å². The summed E-state index contributed by atoms with van der Waals surface area (Å²) in [6, 6.07) is 0. The highest BCUT2D eigenvalue weighted by molar-refractivity contribution is 5.99. The van der Waals surface area contributed by atoms with Crippen molar-refractivity contribution in [3.63, 3.8) is 0 Å². The van der Waals surface area contributed by atoms with Gasteiger partial charge in [0.05, 0.1) is 6.34 Å². The molecule has 2 N–H and O–H groups in total. The molecule has 0 atom stereocenters. The van der Waals surface area contributed by atoms with Crippen LogP contribution in [0.15, 0.2) is 28.8 Å². The Morgan fingerprint density at radius 2 is 2.25 bits per heavy atom.